The first kappa shape index (κ1) is 14.6. The number of halogens is 1. The third-order valence-corrected chi connectivity index (χ3v) is 2.42. The topological polar surface area (TPSA) is 90.2 Å². The molecule has 1 aromatic rings. The third-order valence-electron chi connectivity index (χ3n) is 2.16. The molecule has 8 heteroatoms. The molecule has 0 unspecified atom stereocenters. The van der Waals surface area contributed by atoms with Crippen LogP contribution in [0.15, 0.2) is 0 Å². The molecule has 0 aromatic carbocycles. The van der Waals surface area contributed by atoms with Gasteiger partial charge in [-0.2, -0.15) is 0 Å². The van der Waals surface area contributed by atoms with Crippen molar-refractivity contribution in [3.8, 4) is 0 Å². The van der Waals surface area contributed by atoms with Crippen LogP contribution in [0, 0.1) is 10.1 Å². The maximum Gasteiger partial charge on any atom is 0.348 e. The fourth-order valence-electron chi connectivity index (χ4n) is 1.26. The van der Waals surface area contributed by atoms with Crippen LogP contribution in [0.2, 0.25) is 5.15 Å². The Kier molecular flexibility index (Phi) is 5.24. The van der Waals surface area contributed by atoms with Crippen molar-refractivity contribution >= 4 is 23.1 Å². The Hall–Kier alpha value is -1.47. The van der Waals surface area contributed by atoms with Gasteiger partial charge in [-0.3, -0.25) is 10.1 Å². The highest BCUT2D eigenvalue weighted by Crippen LogP contribution is 2.30. The van der Waals surface area contributed by atoms with E-state index in [-0.39, 0.29) is 22.6 Å². The number of aromatic nitrogens is 2. The highest BCUT2D eigenvalue weighted by molar-refractivity contribution is 6.31. The number of methoxy groups -OCH3 is 1. The number of nitrogens with zero attached hydrogens (tertiary/aromatic N) is 3. The van der Waals surface area contributed by atoms with Crippen molar-refractivity contribution in [3.05, 3.63) is 21.1 Å². The van der Waals surface area contributed by atoms with Gasteiger partial charge in [0.2, 0.25) is 11.0 Å². The highest BCUT2D eigenvalue weighted by atomic mass is 35.5. The lowest BCUT2D eigenvalue weighted by Crippen LogP contribution is -2.13. The van der Waals surface area contributed by atoms with E-state index in [4.69, 9.17) is 16.3 Å². The molecule has 1 rings (SSSR count). The van der Waals surface area contributed by atoms with Crippen LogP contribution in [0.25, 0.3) is 0 Å². The smallest absolute Gasteiger partial charge is 0.348 e. The average molecular weight is 275 g/mol. The second-order valence-electron chi connectivity index (χ2n) is 3.90. The molecule has 0 aliphatic carbocycles. The number of nitro groups is 1. The van der Waals surface area contributed by atoms with Crippen molar-refractivity contribution < 1.29 is 9.66 Å². The summed E-state index contributed by atoms with van der Waals surface area (Å²) in [5.41, 5.74) is -0.308. The number of nitrogens with one attached hydrogen (secondary N) is 1. The van der Waals surface area contributed by atoms with Gasteiger partial charge in [0.25, 0.3) is 0 Å². The summed E-state index contributed by atoms with van der Waals surface area (Å²) in [6.45, 7) is 4.59. The average Bonchev–Trinajstić information content (AvgIpc) is 2.27. The molecule has 1 N–H and O–H groups in total. The van der Waals surface area contributed by atoms with Crippen molar-refractivity contribution in [2.75, 3.05) is 25.6 Å². The van der Waals surface area contributed by atoms with Gasteiger partial charge < -0.3 is 10.1 Å². The van der Waals surface area contributed by atoms with Crippen LogP contribution in [0.4, 0.5) is 11.5 Å². The van der Waals surface area contributed by atoms with Crippen LogP contribution in [-0.2, 0) is 4.74 Å². The second kappa shape index (κ2) is 6.46. The zero-order chi connectivity index (χ0) is 13.7. The molecule has 0 amide bonds. The molecular formula is C10H15ClN4O3. The molecule has 0 bridgehead atoms. The minimum absolute atomic E-state index is 0.0336. The number of ether oxygens (including phenoxy) is 1. The van der Waals surface area contributed by atoms with E-state index < -0.39 is 4.92 Å². The minimum atomic E-state index is -0.596. The predicted molar refractivity (Wildman–Crippen MR) is 68.2 cm³/mol. The van der Waals surface area contributed by atoms with Gasteiger partial charge in [0.1, 0.15) is 5.82 Å². The molecule has 0 aliphatic rings. The van der Waals surface area contributed by atoms with Gasteiger partial charge in [-0.25, -0.2) is 9.97 Å². The summed E-state index contributed by atoms with van der Waals surface area (Å²) < 4.78 is 4.86. The van der Waals surface area contributed by atoms with Gasteiger partial charge in [-0.15, -0.1) is 0 Å². The molecule has 0 saturated heterocycles. The standard InChI is InChI=1S/C10H15ClN4O3/c1-6(2)9-13-8(11)7(15(16)17)10(14-9)12-4-5-18-3/h6H,4-5H2,1-3H3,(H,12,13,14). The largest absolute Gasteiger partial charge is 0.383 e. The van der Waals surface area contributed by atoms with Gasteiger partial charge >= 0.3 is 5.69 Å². The summed E-state index contributed by atoms with van der Waals surface area (Å²) in [5, 5.41) is 13.6. The van der Waals surface area contributed by atoms with E-state index in [1.54, 1.807) is 7.11 Å². The summed E-state index contributed by atoms with van der Waals surface area (Å²) >= 11 is 5.82. The van der Waals surface area contributed by atoms with E-state index in [0.29, 0.717) is 19.0 Å². The predicted octanol–water partition coefficient (Wildman–Crippen LogP) is 2.22. The maximum atomic E-state index is 10.9. The van der Waals surface area contributed by atoms with E-state index in [0.717, 1.165) is 0 Å². The quantitative estimate of drug-likeness (QED) is 0.370. The Balaban J connectivity index is 3.12. The Labute approximate surface area is 110 Å². The van der Waals surface area contributed by atoms with Crippen LogP contribution in [-0.4, -0.2) is 35.2 Å². The molecule has 0 atom stereocenters. The second-order valence-corrected chi connectivity index (χ2v) is 4.26. The summed E-state index contributed by atoms with van der Waals surface area (Å²) in [4.78, 5) is 18.4. The molecule has 1 heterocycles. The fourth-order valence-corrected chi connectivity index (χ4v) is 1.50. The van der Waals surface area contributed by atoms with Gasteiger partial charge in [-0.1, -0.05) is 25.4 Å². The van der Waals surface area contributed by atoms with E-state index in [2.05, 4.69) is 15.3 Å². The zero-order valence-corrected chi connectivity index (χ0v) is 11.2. The summed E-state index contributed by atoms with van der Waals surface area (Å²) in [6.07, 6.45) is 0. The van der Waals surface area contributed by atoms with E-state index in [9.17, 15) is 10.1 Å². The van der Waals surface area contributed by atoms with Crippen LogP contribution < -0.4 is 5.32 Å². The van der Waals surface area contributed by atoms with Gasteiger partial charge in [0.05, 0.1) is 11.5 Å². The van der Waals surface area contributed by atoms with Crippen molar-refractivity contribution in [1.82, 2.24) is 9.97 Å². The minimum Gasteiger partial charge on any atom is -0.383 e. The van der Waals surface area contributed by atoms with E-state index >= 15 is 0 Å². The number of rotatable bonds is 6. The SMILES string of the molecule is COCCNc1nc(C(C)C)nc(Cl)c1[N+](=O)[O-]. The molecule has 7 nitrogen and oxygen atoms in total. The van der Waals surface area contributed by atoms with E-state index in [1.807, 2.05) is 13.8 Å². The van der Waals surface area contributed by atoms with Crippen LogP contribution in [0.3, 0.4) is 0 Å². The van der Waals surface area contributed by atoms with Crippen LogP contribution in [0.1, 0.15) is 25.6 Å². The van der Waals surface area contributed by atoms with E-state index in [1.165, 1.54) is 0 Å². The lowest BCUT2D eigenvalue weighted by molar-refractivity contribution is -0.384. The molecule has 100 valence electrons. The summed E-state index contributed by atoms with van der Waals surface area (Å²) in [5.74, 6) is 0.623. The molecule has 0 saturated carbocycles. The van der Waals surface area contributed by atoms with Crippen LogP contribution >= 0.6 is 11.6 Å². The van der Waals surface area contributed by atoms with Crippen molar-refractivity contribution in [2.24, 2.45) is 0 Å². The first-order valence-corrected chi connectivity index (χ1v) is 5.79. The lowest BCUT2D eigenvalue weighted by Gasteiger charge is -2.10. The zero-order valence-electron chi connectivity index (χ0n) is 10.4. The van der Waals surface area contributed by atoms with Gasteiger partial charge in [0, 0.05) is 19.6 Å². The van der Waals surface area contributed by atoms with Crippen LogP contribution in [0.5, 0.6) is 0 Å². The molecule has 18 heavy (non-hydrogen) atoms. The molecule has 0 fully saturated rings. The van der Waals surface area contributed by atoms with Gasteiger partial charge in [0.15, 0.2) is 0 Å². The highest BCUT2D eigenvalue weighted by Gasteiger charge is 2.24. The van der Waals surface area contributed by atoms with Gasteiger partial charge in [-0.05, 0) is 0 Å². The number of anilines is 1. The lowest BCUT2D eigenvalue weighted by atomic mass is 10.2. The Morgan fingerprint density at radius 2 is 2.17 bits per heavy atom. The molecule has 1 aromatic heterocycles. The number of hydrogen-bond donors (Lipinski definition) is 1. The Morgan fingerprint density at radius 1 is 1.50 bits per heavy atom. The molecule has 0 aliphatic heterocycles. The number of hydrogen-bond acceptors (Lipinski definition) is 6. The monoisotopic (exact) mass is 274 g/mol. The third kappa shape index (κ3) is 3.51. The Bertz CT molecular complexity index is 439. The maximum absolute atomic E-state index is 10.9. The normalized spacial score (nSPS) is 10.7. The van der Waals surface area contributed by atoms with Crippen molar-refractivity contribution in [2.45, 2.75) is 19.8 Å². The van der Waals surface area contributed by atoms with Crippen molar-refractivity contribution in [3.63, 3.8) is 0 Å². The molecule has 0 spiro atoms. The summed E-state index contributed by atoms with van der Waals surface area (Å²) in [7, 11) is 1.54. The Morgan fingerprint density at radius 3 is 2.67 bits per heavy atom. The summed E-state index contributed by atoms with van der Waals surface area (Å²) in [6, 6.07) is 0. The fraction of sp³-hybridized carbons (Fsp3) is 0.600. The molecule has 0 radical (unpaired) electrons. The first-order chi connectivity index (χ1) is 8.47. The first-order valence-electron chi connectivity index (χ1n) is 5.42. The van der Waals surface area contributed by atoms with Crippen molar-refractivity contribution in [1.29, 1.82) is 0 Å². The molecular weight excluding hydrogens is 260 g/mol.